The predicted molar refractivity (Wildman–Crippen MR) is 105 cm³/mol. The molecule has 27 heavy (non-hydrogen) atoms. The van der Waals surface area contributed by atoms with E-state index in [1.807, 2.05) is 31.2 Å². The molecule has 6 heteroatoms. The van der Waals surface area contributed by atoms with Crippen LogP contribution in [-0.2, 0) is 9.59 Å². The molecule has 0 aromatic heterocycles. The summed E-state index contributed by atoms with van der Waals surface area (Å²) in [6.45, 7) is 8.36. The Labute approximate surface area is 161 Å². The Balaban J connectivity index is 1.96. The number of hydrogen-bond donors (Lipinski definition) is 0. The van der Waals surface area contributed by atoms with Gasteiger partial charge in [-0.15, -0.1) is 0 Å². The third-order valence-corrected chi connectivity index (χ3v) is 5.15. The van der Waals surface area contributed by atoms with Crippen LogP contribution in [0.2, 0.25) is 0 Å². The van der Waals surface area contributed by atoms with E-state index in [1.54, 1.807) is 0 Å². The maximum Gasteiger partial charge on any atom is 0.277 e. The molecule has 1 fully saturated rings. The zero-order valence-electron chi connectivity index (χ0n) is 16.5. The van der Waals surface area contributed by atoms with Crippen LogP contribution in [0.4, 0.5) is 0 Å². The highest BCUT2D eigenvalue weighted by atomic mass is 16.5. The van der Waals surface area contributed by atoms with Crippen molar-refractivity contribution < 1.29 is 14.3 Å². The Morgan fingerprint density at radius 2 is 1.63 bits per heavy atom. The Hall–Kier alpha value is -2.34. The number of amides is 2. The number of carbonyl (C=O) groups is 2. The highest BCUT2D eigenvalue weighted by molar-refractivity contribution is 6.35. The Kier molecular flexibility index (Phi) is 6.16. The first kappa shape index (κ1) is 19.4. The van der Waals surface area contributed by atoms with Crippen LogP contribution in [0.25, 0.3) is 5.57 Å². The molecule has 3 rings (SSSR count). The van der Waals surface area contributed by atoms with E-state index in [1.165, 1.54) is 4.90 Å². The quantitative estimate of drug-likeness (QED) is 0.688. The zero-order chi connectivity index (χ0) is 19.4. The lowest BCUT2D eigenvalue weighted by molar-refractivity contribution is -0.137. The largest absolute Gasteiger partial charge is 0.494 e. The summed E-state index contributed by atoms with van der Waals surface area (Å²) in [5.41, 5.74) is 1.88. The van der Waals surface area contributed by atoms with Crippen LogP contribution in [0.5, 0.6) is 5.75 Å². The van der Waals surface area contributed by atoms with E-state index in [9.17, 15) is 9.59 Å². The summed E-state index contributed by atoms with van der Waals surface area (Å²) in [6, 6.07) is 7.48. The van der Waals surface area contributed by atoms with Gasteiger partial charge in [0.1, 0.15) is 11.4 Å². The number of rotatable bonds is 7. The highest BCUT2D eigenvalue weighted by Gasteiger charge is 2.41. The molecule has 1 saturated heterocycles. The first-order valence-corrected chi connectivity index (χ1v) is 9.84. The van der Waals surface area contributed by atoms with Gasteiger partial charge in [0.25, 0.3) is 11.8 Å². The van der Waals surface area contributed by atoms with Crippen LogP contribution < -0.4 is 4.74 Å². The van der Waals surface area contributed by atoms with Gasteiger partial charge in [0.2, 0.25) is 0 Å². The lowest BCUT2D eigenvalue weighted by atomic mass is 10.0. The van der Waals surface area contributed by atoms with Gasteiger partial charge in [0.05, 0.1) is 12.2 Å². The Morgan fingerprint density at radius 1 is 0.963 bits per heavy atom. The lowest BCUT2D eigenvalue weighted by Gasteiger charge is -2.34. The van der Waals surface area contributed by atoms with Crippen LogP contribution >= 0.6 is 0 Å². The van der Waals surface area contributed by atoms with Gasteiger partial charge in [-0.3, -0.25) is 14.5 Å². The van der Waals surface area contributed by atoms with Crippen molar-refractivity contribution in [3.05, 3.63) is 35.5 Å². The molecule has 0 atom stereocenters. The Bertz CT molecular complexity index is 719. The van der Waals surface area contributed by atoms with Gasteiger partial charge in [-0.2, -0.15) is 0 Å². The minimum atomic E-state index is -0.175. The fourth-order valence-corrected chi connectivity index (χ4v) is 3.55. The molecule has 0 aliphatic carbocycles. The molecule has 2 aliphatic rings. The number of likely N-dealkylation sites (N-methyl/N-ethyl adjacent to an activating group) is 1. The number of unbranched alkanes of at least 4 members (excludes halogenated alkanes) is 1. The SMILES string of the molecule is CCCCN1C(=O)C(c2ccc(OCC)cc2)=C(N2CCN(C)CC2)C1=O. The molecular formula is C21H29N3O3. The maximum absolute atomic E-state index is 13.1. The molecule has 2 aliphatic heterocycles. The van der Waals surface area contributed by atoms with Crippen molar-refractivity contribution in [2.24, 2.45) is 0 Å². The molecule has 1 aromatic rings. The van der Waals surface area contributed by atoms with E-state index in [4.69, 9.17) is 4.74 Å². The minimum absolute atomic E-state index is 0.151. The zero-order valence-corrected chi connectivity index (χ0v) is 16.5. The third-order valence-electron chi connectivity index (χ3n) is 5.15. The van der Waals surface area contributed by atoms with Crippen LogP contribution in [0, 0.1) is 0 Å². The van der Waals surface area contributed by atoms with E-state index < -0.39 is 0 Å². The number of ether oxygens (including phenoxy) is 1. The van der Waals surface area contributed by atoms with Gasteiger partial charge >= 0.3 is 0 Å². The van der Waals surface area contributed by atoms with Crippen LogP contribution in [-0.4, -0.2) is 72.9 Å². The fourth-order valence-electron chi connectivity index (χ4n) is 3.55. The summed E-state index contributed by atoms with van der Waals surface area (Å²) in [5.74, 6) is 0.441. The summed E-state index contributed by atoms with van der Waals surface area (Å²) in [6.07, 6.45) is 1.77. The van der Waals surface area contributed by atoms with E-state index in [2.05, 4.69) is 23.8 Å². The lowest BCUT2D eigenvalue weighted by Crippen LogP contribution is -2.46. The molecule has 0 radical (unpaired) electrons. The Morgan fingerprint density at radius 3 is 2.22 bits per heavy atom. The molecule has 1 aromatic carbocycles. The van der Waals surface area contributed by atoms with Crippen LogP contribution in [0.15, 0.2) is 30.0 Å². The molecule has 146 valence electrons. The number of piperazine rings is 1. The summed E-state index contributed by atoms with van der Waals surface area (Å²) < 4.78 is 5.51. The number of hydrogen-bond acceptors (Lipinski definition) is 5. The van der Waals surface area contributed by atoms with E-state index in [0.29, 0.717) is 24.4 Å². The average Bonchev–Trinajstić information content (AvgIpc) is 2.92. The van der Waals surface area contributed by atoms with Crippen molar-refractivity contribution in [2.75, 3.05) is 46.4 Å². The molecular weight excluding hydrogens is 342 g/mol. The summed E-state index contributed by atoms with van der Waals surface area (Å²) in [4.78, 5) is 32.0. The summed E-state index contributed by atoms with van der Waals surface area (Å²) >= 11 is 0. The first-order valence-electron chi connectivity index (χ1n) is 9.84. The van der Waals surface area contributed by atoms with Gasteiger partial charge in [0.15, 0.2) is 0 Å². The molecule has 6 nitrogen and oxygen atoms in total. The summed E-state index contributed by atoms with van der Waals surface area (Å²) in [5, 5.41) is 0. The van der Waals surface area contributed by atoms with Gasteiger partial charge in [0, 0.05) is 32.7 Å². The topological polar surface area (TPSA) is 53.1 Å². The second kappa shape index (κ2) is 8.57. The third kappa shape index (κ3) is 4.00. The second-order valence-corrected chi connectivity index (χ2v) is 7.09. The minimum Gasteiger partial charge on any atom is -0.494 e. The number of nitrogens with zero attached hydrogens (tertiary/aromatic N) is 3. The van der Waals surface area contributed by atoms with Crippen molar-refractivity contribution in [1.82, 2.24) is 14.7 Å². The van der Waals surface area contributed by atoms with Crippen LogP contribution in [0.3, 0.4) is 0 Å². The van der Waals surface area contributed by atoms with E-state index >= 15 is 0 Å². The van der Waals surface area contributed by atoms with Gasteiger partial charge in [-0.1, -0.05) is 25.5 Å². The molecule has 0 spiro atoms. The van der Waals surface area contributed by atoms with E-state index in [0.717, 1.165) is 50.3 Å². The van der Waals surface area contributed by atoms with Gasteiger partial charge in [-0.05, 0) is 38.1 Å². The first-order chi connectivity index (χ1) is 13.1. The van der Waals surface area contributed by atoms with Crippen molar-refractivity contribution in [2.45, 2.75) is 26.7 Å². The van der Waals surface area contributed by atoms with Crippen LogP contribution in [0.1, 0.15) is 32.3 Å². The van der Waals surface area contributed by atoms with Gasteiger partial charge < -0.3 is 14.5 Å². The average molecular weight is 371 g/mol. The maximum atomic E-state index is 13.1. The monoisotopic (exact) mass is 371 g/mol. The van der Waals surface area contributed by atoms with Crippen molar-refractivity contribution in [3.63, 3.8) is 0 Å². The highest BCUT2D eigenvalue weighted by Crippen LogP contribution is 2.33. The number of benzene rings is 1. The molecule has 2 heterocycles. The summed E-state index contributed by atoms with van der Waals surface area (Å²) in [7, 11) is 2.08. The molecule has 0 bridgehead atoms. The van der Waals surface area contributed by atoms with Crippen molar-refractivity contribution >= 4 is 17.4 Å². The normalized spacial score (nSPS) is 18.6. The molecule has 0 unspecified atom stereocenters. The predicted octanol–water partition coefficient (Wildman–Crippen LogP) is 2.21. The smallest absolute Gasteiger partial charge is 0.277 e. The molecule has 0 saturated carbocycles. The number of imide groups is 1. The van der Waals surface area contributed by atoms with Crippen molar-refractivity contribution in [1.29, 1.82) is 0 Å². The van der Waals surface area contributed by atoms with E-state index in [-0.39, 0.29) is 11.8 Å². The molecule has 0 N–H and O–H groups in total. The second-order valence-electron chi connectivity index (χ2n) is 7.09. The number of carbonyl (C=O) groups excluding carboxylic acids is 2. The molecule has 2 amide bonds. The fraction of sp³-hybridized carbons (Fsp3) is 0.524. The van der Waals surface area contributed by atoms with Crippen molar-refractivity contribution in [3.8, 4) is 5.75 Å². The van der Waals surface area contributed by atoms with Gasteiger partial charge in [-0.25, -0.2) is 0 Å². The standard InChI is InChI=1S/C21H29N3O3/c1-4-6-11-24-20(25)18(16-7-9-17(10-8-16)27-5-2)19(21(24)26)23-14-12-22(3)13-15-23/h7-10H,4-6,11-15H2,1-3H3.